The fourth-order valence-electron chi connectivity index (χ4n) is 3.63. The number of fused-ring (bicyclic) bond motifs is 1. The molecule has 168 valence electrons. The number of rotatable bonds is 4. The number of piperazine rings is 1. The number of hydrogen-bond acceptors (Lipinski definition) is 7. The van der Waals surface area contributed by atoms with Crippen molar-refractivity contribution in [3.63, 3.8) is 0 Å². The van der Waals surface area contributed by atoms with Crippen LogP contribution in [0.15, 0.2) is 59.9 Å². The molecule has 0 bridgehead atoms. The summed E-state index contributed by atoms with van der Waals surface area (Å²) in [6, 6.07) is 12.1. The number of aromatic nitrogens is 5. The number of amides is 1. The number of nitrogens with zero attached hydrogens (tertiary/aromatic N) is 6. The fraction of sp³-hybridized carbons (Fsp3) is 0.190. The van der Waals surface area contributed by atoms with E-state index >= 15 is 0 Å². The highest BCUT2D eigenvalue weighted by molar-refractivity contribution is 7.89. The van der Waals surface area contributed by atoms with Gasteiger partial charge >= 0.3 is 0 Å². The van der Waals surface area contributed by atoms with E-state index in [9.17, 15) is 13.2 Å². The number of sulfonamides is 1. The summed E-state index contributed by atoms with van der Waals surface area (Å²) < 4.78 is 27.5. The van der Waals surface area contributed by atoms with Gasteiger partial charge in [-0.1, -0.05) is 17.7 Å². The Balaban J connectivity index is 1.26. The topological polar surface area (TPSA) is 125 Å². The lowest BCUT2D eigenvalue weighted by Crippen LogP contribution is -2.50. The van der Waals surface area contributed by atoms with Crippen molar-refractivity contribution in [3.05, 3.63) is 65.7 Å². The molecule has 12 heteroatoms. The first kappa shape index (κ1) is 21.4. The predicted molar refractivity (Wildman–Crippen MR) is 121 cm³/mol. The molecule has 1 saturated heterocycles. The molecule has 5 rings (SSSR count). The standard InChI is InChI=1S/C21H18ClN7O3S/c22-15-4-5-16-14(11-15)12-19(25-16)33(31,32)29-9-7-28(8-10-29)21(30)20-24-13-18(26-27-20)17-3-1-2-6-23-17/h1-6,11-13,25H,7-10H2. The molecule has 0 spiro atoms. The van der Waals surface area contributed by atoms with E-state index in [2.05, 4.69) is 25.1 Å². The van der Waals surface area contributed by atoms with Gasteiger partial charge in [0.1, 0.15) is 10.7 Å². The highest BCUT2D eigenvalue weighted by Gasteiger charge is 2.32. The number of hydrogen-bond donors (Lipinski definition) is 1. The molecule has 1 fully saturated rings. The first-order valence-corrected chi connectivity index (χ1v) is 11.9. The molecule has 1 N–H and O–H groups in total. The molecule has 10 nitrogen and oxygen atoms in total. The summed E-state index contributed by atoms with van der Waals surface area (Å²) in [5, 5.41) is 9.32. The van der Waals surface area contributed by atoms with E-state index in [1.165, 1.54) is 15.4 Å². The number of carbonyl (C=O) groups excluding carboxylic acids is 1. The van der Waals surface area contributed by atoms with Gasteiger partial charge in [0.2, 0.25) is 5.82 Å². The third-order valence-corrected chi connectivity index (χ3v) is 7.44. The van der Waals surface area contributed by atoms with Crippen LogP contribution in [-0.4, -0.2) is 74.9 Å². The number of benzene rings is 1. The number of nitrogens with one attached hydrogen (secondary N) is 1. The Hall–Kier alpha value is -3.41. The van der Waals surface area contributed by atoms with E-state index in [-0.39, 0.29) is 37.0 Å². The van der Waals surface area contributed by atoms with Crippen molar-refractivity contribution in [1.82, 2.24) is 34.4 Å². The zero-order valence-electron chi connectivity index (χ0n) is 17.2. The summed E-state index contributed by atoms with van der Waals surface area (Å²) in [7, 11) is -3.74. The second-order valence-corrected chi connectivity index (χ2v) is 9.79. The van der Waals surface area contributed by atoms with Gasteiger partial charge in [0, 0.05) is 48.3 Å². The Bertz CT molecular complexity index is 1420. The van der Waals surface area contributed by atoms with Crippen molar-refractivity contribution in [2.45, 2.75) is 5.03 Å². The molecule has 1 aliphatic rings. The number of H-pyrrole nitrogens is 1. The first-order valence-electron chi connectivity index (χ1n) is 10.1. The molecule has 33 heavy (non-hydrogen) atoms. The second kappa shape index (κ2) is 8.50. The molecular formula is C21H18ClN7O3S. The highest BCUT2D eigenvalue weighted by atomic mass is 35.5. The summed E-state index contributed by atoms with van der Waals surface area (Å²) in [6.45, 7) is 0.748. The second-order valence-electron chi connectivity index (χ2n) is 7.44. The molecule has 1 aromatic carbocycles. The van der Waals surface area contributed by atoms with Gasteiger partial charge in [0.15, 0.2) is 0 Å². The maximum Gasteiger partial charge on any atom is 0.293 e. The van der Waals surface area contributed by atoms with Crippen LogP contribution >= 0.6 is 11.6 Å². The van der Waals surface area contributed by atoms with Crippen LogP contribution in [0.4, 0.5) is 0 Å². The van der Waals surface area contributed by atoms with E-state index in [1.54, 1.807) is 42.6 Å². The third-order valence-electron chi connectivity index (χ3n) is 5.38. The van der Waals surface area contributed by atoms with Crippen LogP contribution < -0.4 is 0 Å². The van der Waals surface area contributed by atoms with E-state index in [1.807, 2.05) is 6.07 Å². The van der Waals surface area contributed by atoms with Gasteiger partial charge in [-0.3, -0.25) is 9.78 Å². The summed E-state index contributed by atoms with van der Waals surface area (Å²) in [4.78, 5) is 25.5. The van der Waals surface area contributed by atoms with Gasteiger partial charge < -0.3 is 9.88 Å². The first-order chi connectivity index (χ1) is 15.9. The number of pyridine rings is 1. The van der Waals surface area contributed by atoms with Crippen LogP contribution in [-0.2, 0) is 10.0 Å². The van der Waals surface area contributed by atoms with Gasteiger partial charge in [0.05, 0.1) is 11.9 Å². The summed E-state index contributed by atoms with van der Waals surface area (Å²) >= 11 is 6.00. The molecule has 1 amide bonds. The predicted octanol–water partition coefficient (Wildman–Crippen LogP) is 2.21. The number of halogens is 1. The van der Waals surface area contributed by atoms with Crippen LogP contribution in [0.25, 0.3) is 22.3 Å². The average Bonchev–Trinajstić information content (AvgIpc) is 3.28. The van der Waals surface area contributed by atoms with Crippen LogP contribution in [0.2, 0.25) is 5.02 Å². The Labute approximate surface area is 194 Å². The Morgan fingerprint density at radius 1 is 0.970 bits per heavy atom. The Morgan fingerprint density at radius 3 is 2.48 bits per heavy atom. The normalized spacial score (nSPS) is 15.1. The van der Waals surface area contributed by atoms with Crippen molar-refractivity contribution in [2.24, 2.45) is 0 Å². The van der Waals surface area contributed by atoms with Crippen LogP contribution in [0, 0.1) is 0 Å². The van der Waals surface area contributed by atoms with Gasteiger partial charge in [0.25, 0.3) is 15.9 Å². The Morgan fingerprint density at radius 2 is 1.79 bits per heavy atom. The minimum Gasteiger partial charge on any atom is -0.345 e. The summed E-state index contributed by atoms with van der Waals surface area (Å²) in [5.74, 6) is -0.439. The summed E-state index contributed by atoms with van der Waals surface area (Å²) in [5.41, 5.74) is 1.75. The molecule has 0 aliphatic carbocycles. The highest BCUT2D eigenvalue weighted by Crippen LogP contribution is 2.25. The largest absolute Gasteiger partial charge is 0.345 e. The SMILES string of the molecule is O=C(c1ncc(-c2ccccn2)nn1)N1CCN(S(=O)(=O)c2cc3cc(Cl)ccc3[nH]2)CC1. The molecule has 0 saturated carbocycles. The quantitative estimate of drug-likeness (QED) is 0.471. The van der Waals surface area contributed by atoms with Crippen molar-refractivity contribution in [3.8, 4) is 11.4 Å². The lowest BCUT2D eigenvalue weighted by molar-refractivity contribution is 0.0684. The lowest BCUT2D eigenvalue weighted by Gasteiger charge is -2.33. The maximum atomic E-state index is 13.1. The maximum absolute atomic E-state index is 13.1. The molecule has 0 radical (unpaired) electrons. The van der Waals surface area contributed by atoms with Crippen LogP contribution in [0.3, 0.4) is 0 Å². The Kier molecular flexibility index (Phi) is 5.52. The van der Waals surface area contributed by atoms with Crippen molar-refractivity contribution in [2.75, 3.05) is 26.2 Å². The number of carbonyl (C=O) groups is 1. The van der Waals surface area contributed by atoms with Crippen LogP contribution in [0.1, 0.15) is 10.6 Å². The van der Waals surface area contributed by atoms with Gasteiger partial charge in [-0.15, -0.1) is 10.2 Å². The molecule has 3 aromatic heterocycles. The smallest absolute Gasteiger partial charge is 0.293 e. The van der Waals surface area contributed by atoms with Crippen molar-refractivity contribution in [1.29, 1.82) is 0 Å². The molecule has 4 heterocycles. The molecule has 0 unspecified atom stereocenters. The van der Waals surface area contributed by atoms with Gasteiger partial charge in [-0.05, 0) is 36.4 Å². The molecule has 4 aromatic rings. The average molecular weight is 484 g/mol. The lowest BCUT2D eigenvalue weighted by atomic mass is 10.2. The molecule has 0 atom stereocenters. The van der Waals surface area contributed by atoms with E-state index in [4.69, 9.17) is 11.6 Å². The van der Waals surface area contributed by atoms with E-state index in [0.29, 0.717) is 27.3 Å². The number of aromatic amines is 1. The minimum atomic E-state index is -3.74. The molecule has 1 aliphatic heterocycles. The molecular weight excluding hydrogens is 466 g/mol. The third kappa shape index (κ3) is 4.17. The fourth-order valence-corrected chi connectivity index (χ4v) is 5.25. The summed E-state index contributed by atoms with van der Waals surface area (Å²) in [6.07, 6.45) is 3.08. The minimum absolute atomic E-state index is 0.0431. The van der Waals surface area contributed by atoms with Crippen LogP contribution in [0.5, 0.6) is 0 Å². The monoisotopic (exact) mass is 483 g/mol. The van der Waals surface area contributed by atoms with Gasteiger partial charge in [-0.25, -0.2) is 13.4 Å². The zero-order chi connectivity index (χ0) is 23.0. The van der Waals surface area contributed by atoms with Crippen molar-refractivity contribution >= 4 is 38.4 Å². The zero-order valence-corrected chi connectivity index (χ0v) is 18.8. The van der Waals surface area contributed by atoms with Crippen molar-refractivity contribution < 1.29 is 13.2 Å². The van der Waals surface area contributed by atoms with E-state index < -0.39 is 15.9 Å². The van der Waals surface area contributed by atoms with Gasteiger partial charge in [-0.2, -0.15) is 4.31 Å². The van der Waals surface area contributed by atoms with E-state index in [0.717, 1.165) is 0 Å².